The van der Waals surface area contributed by atoms with Crippen LogP contribution < -0.4 is 4.78 Å². The maximum Gasteiger partial charge on any atom is 0.507 e. The van der Waals surface area contributed by atoms with Gasteiger partial charge in [0.05, 0.1) is 16.0 Å². The van der Waals surface area contributed by atoms with E-state index in [4.69, 9.17) is 9.31 Å². The van der Waals surface area contributed by atoms with Gasteiger partial charge in [-0.3, -0.25) is 4.98 Å². The van der Waals surface area contributed by atoms with Crippen molar-refractivity contribution in [2.24, 2.45) is 0 Å². The minimum Gasteiger partial charge on any atom is -0.399 e. The second-order valence-electron chi connectivity index (χ2n) is 5.89. The Morgan fingerprint density at radius 1 is 1.05 bits per heavy atom. The zero-order valence-electron chi connectivity index (χ0n) is 12.1. The Balaban J connectivity index is 1.86. The molecule has 0 radical (unpaired) electrons. The van der Waals surface area contributed by atoms with Crippen LogP contribution in [0.3, 0.4) is 0 Å². The maximum absolute atomic E-state index is 6.04. The van der Waals surface area contributed by atoms with Crippen LogP contribution in [-0.2, 0) is 9.31 Å². The fourth-order valence-corrected chi connectivity index (χ4v) is 2.86. The summed E-state index contributed by atoms with van der Waals surface area (Å²) in [5.41, 5.74) is 0.421. The number of rotatable bonds is 2. The highest BCUT2D eigenvalue weighted by Gasteiger charge is 2.52. The highest BCUT2D eigenvalue weighted by molar-refractivity contribution is 7.24. The molecule has 0 N–H and O–H groups in total. The van der Waals surface area contributed by atoms with E-state index in [0.29, 0.717) is 0 Å². The van der Waals surface area contributed by atoms with Crippen molar-refractivity contribution in [3.05, 3.63) is 30.7 Å². The Kier molecular flexibility index (Phi) is 3.19. The first kappa shape index (κ1) is 13.7. The molecule has 0 spiro atoms. The Morgan fingerprint density at radius 3 is 2.25 bits per heavy atom. The quantitative estimate of drug-likeness (QED) is 0.796. The van der Waals surface area contributed by atoms with Gasteiger partial charge >= 0.3 is 7.12 Å². The van der Waals surface area contributed by atoms with Gasteiger partial charge in [0.25, 0.3) is 0 Å². The molecule has 0 aliphatic carbocycles. The lowest BCUT2D eigenvalue weighted by atomic mass is 9.89. The first-order valence-electron chi connectivity index (χ1n) is 6.61. The number of aromatic nitrogens is 2. The summed E-state index contributed by atoms with van der Waals surface area (Å²) >= 11 is 1.60. The third-order valence-corrected chi connectivity index (χ3v) is 5.00. The van der Waals surface area contributed by atoms with E-state index in [1.807, 2.05) is 18.3 Å². The fourth-order valence-electron chi connectivity index (χ4n) is 1.98. The molecule has 3 rings (SSSR count). The van der Waals surface area contributed by atoms with Gasteiger partial charge in [-0.25, -0.2) is 4.98 Å². The molecule has 6 heteroatoms. The highest BCUT2D eigenvalue weighted by Crippen LogP contribution is 2.37. The van der Waals surface area contributed by atoms with E-state index in [9.17, 15) is 0 Å². The smallest absolute Gasteiger partial charge is 0.399 e. The molecule has 1 fully saturated rings. The van der Waals surface area contributed by atoms with Gasteiger partial charge in [0.2, 0.25) is 0 Å². The van der Waals surface area contributed by atoms with Crippen molar-refractivity contribution >= 4 is 23.2 Å². The molecule has 0 bridgehead atoms. The van der Waals surface area contributed by atoms with E-state index < -0.39 is 0 Å². The van der Waals surface area contributed by atoms with Gasteiger partial charge in [0, 0.05) is 24.2 Å². The van der Waals surface area contributed by atoms with Crippen molar-refractivity contribution in [2.45, 2.75) is 38.9 Å². The number of pyridine rings is 1. The van der Waals surface area contributed by atoms with Crippen LogP contribution in [0, 0.1) is 0 Å². The third kappa shape index (κ3) is 2.28. The molecule has 0 atom stereocenters. The van der Waals surface area contributed by atoms with Crippen LogP contribution in [0.15, 0.2) is 30.7 Å². The molecule has 0 saturated carbocycles. The molecular weight excluding hydrogens is 271 g/mol. The van der Waals surface area contributed by atoms with Gasteiger partial charge in [-0.05, 0) is 39.8 Å². The summed E-state index contributed by atoms with van der Waals surface area (Å²) < 4.78 is 13.1. The Morgan fingerprint density at radius 2 is 1.65 bits per heavy atom. The predicted molar refractivity (Wildman–Crippen MR) is 81.1 cm³/mol. The third-order valence-electron chi connectivity index (χ3n) is 3.94. The molecule has 3 heterocycles. The van der Waals surface area contributed by atoms with Gasteiger partial charge in [-0.2, -0.15) is 0 Å². The van der Waals surface area contributed by atoms with Crippen molar-refractivity contribution in [1.29, 1.82) is 0 Å². The Hall–Kier alpha value is -1.24. The van der Waals surface area contributed by atoms with Crippen LogP contribution in [0.1, 0.15) is 27.7 Å². The highest BCUT2D eigenvalue weighted by atomic mass is 32.1. The standard InChI is InChI=1S/C14H17BN2O2S/c1-13(2)14(3,4)19-15(18-13)11-9-17-12(20-11)10-5-7-16-8-6-10/h5-9H,1-4H3. The summed E-state index contributed by atoms with van der Waals surface area (Å²) in [5.74, 6) is 0. The average Bonchev–Trinajstić information content (AvgIpc) is 2.94. The molecule has 1 aliphatic heterocycles. The first-order chi connectivity index (χ1) is 9.39. The summed E-state index contributed by atoms with van der Waals surface area (Å²) in [7, 11) is -0.340. The van der Waals surface area contributed by atoms with Gasteiger partial charge in [0.15, 0.2) is 0 Å². The van der Waals surface area contributed by atoms with Gasteiger partial charge in [-0.1, -0.05) is 0 Å². The maximum atomic E-state index is 6.04. The Bertz CT molecular complexity index is 597. The van der Waals surface area contributed by atoms with E-state index >= 15 is 0 Å². The SMILES string of the molecule is CC1(C)OB(c2cnc(-c3ccncc3)s2)OC1(C)C. The molecule has 2 aromatic rings. The van der Waals surface area contributed by atoms with E-state index in [2.05, 4.69) is 37.7 Å². The largest absolute Gasteiger partial charge is 0.507 e. The van der Waals surface area contributed by atoms with Crippen molar-refractivity contribution in [2.75, 3.05) is 0 Å². The molecule has 0 aromatic carbocycles. The van der Waals surface area contributed by atoms with Crippen LogP contribution in [0.25, 0.3) is 10.6 Å². The van der Waals surface area contributed by atoms with Crippen molar-refractivity contribution in [3.8, 4) is 10.6 Å². The molecular formula is C14H17BN2O2S. The van der Waals surface area contributed by atoms with Crippen molar-refractivity contribution in [3.63, 3.8) is 0 Å². The average molecular weight is 288 g/mol. The molecule has 1 aliphatic rings. The lowest BCUT2D eigenvalue weighted by Crippen LogP contribution is -2.41. The zero-order chi connectivity index (χ0) is 14.4. The van der Waals surface area contributed by atoms with E-state index in [1.165, 1.54) is 0 Å². The van der Waals surface area contributed by atoms with Crippen molar-refractivity contribution < 1.29 is 9.31 Å². The topological polar surface area (TPSA) is 44.2 Å². The summed E-state index contributed by atoms with van der Waals surface area (Å²) in [5, 5.41) is 0.956. The van der Waals surface area contributed by atoms with Crippen LogP contribution in [-0.4, -0.2) is 28.3 Å². The van der Waals surface area contributed by atoms with Crippen LogP contribution in [0.5, 0.6) is 0 Å². The number of hydrogen-bond acceptors (Lipinski definition) is 5. The summed E-state index contributed by atoms with van der Waals surface area (Å²) in [6.45, 7) is 8.21. The molecule has 0 unspecified atom stereocenters. The van der Waals surface area contributed by atoms with E-state index in [-0.39, 0.29) is 18.3 Å². The van der Waals surface area contributed by atoms with Crippen LogP contribution >= 0.6 is 11.3 Å². The lowest BCUT2D eigenvalue weighted by Gasteiger charge is -2.32. The second kappa shape index (κ2) is 4.65. The summed E-state index contributed by atoms with van der Waals surface area (Å²) in [4.78, 5) is 8.48. The zero-order valence-corrected chi connectivity index (χ0v) is 12.9. The minimum atomic E-state index is -0.340. The molecule has 20 heavy (non-hydrogen) atoms. The van der Waals surface area contributed by atoms with E-state index in [1.54, 1.807) is 23.7 Å². The number of nitrogens with zero attached hydrogens (tertiary/aromatic N) is 2. The molecule has 4 nitrogen and oxygen atoms in total. The number of thiazole rings is 1. The predicted octanol–water partition coefficient (Wildman–Crippen LogP) is 2.50. The molecule has 104 valence electrons. The summed E-state index contributed by atoms with van der Waals surface area (Å²) in [6, 6.07) is 3.90. The molecule has 1 saturated heterocycles. The normalized spacial score (nSPS) is 20.3. The van der Waals surface area contributed by atoms with Crippen LogP contribution in [0.2, 0.25) is 0 Å². The van der Waals surface area contributed by atoms with Crippen LogP contribution in [0.4, 0.5) is 0 Å². The second-order valence-corrected chi connectivity index (χ2v) is 6.95. The monoisotopic (exact) mass is 288 g/mol. The van der Waals surface area contributed by atoms with Gasteiger partial charge in [-0.15, -0.1) is 11.3 Å². The van der Waals surface area contributed by atoms with Gasteiger partial charge in [0.1, 0.15) is 5.01 Å². The van der Waals surface area contributed by atoms with Gasteiger partial charge < -0.3 is 9.31 Å². The fraction of sp³-hybridized carbons (Fsp3) is 0.429. The van der Waals surface area contributed by atoms with E-state index in [0.717, 1.165) is 15.3 Å². The number of hydrogen-bond donors (Lipinski definition) is 0. The minimum absolute atomic E-state index is 0.321. The molecule has 2 aromatic heterocycles. The molecule has 0 amide bonds. The first-order valence-corrected chi connectivity index (χ1v) is 7.42. The Labute approximate surface area is 123 Å². The van der Waals surface area contributed by atoms with Crippen molar-refractivity contribution in [1.82, 2.24) is 9.97 Å². The lowest BCUT2D eigenvalue weighted by molar-refractivity contribution is 0.00578. The summed E-state index contributed by atoms with van der Waals surface area (Å²) in [6.07, 6.45) is 5.37.